The summed E-state index contributed by atoms with van der Waals surface area (Å²) < 4.78 is 23.0. The molecule has 11 heterocycles. The lowest BCUT2D eigenvalue weighted by molar-refractivity contribution is 0.635. The van der Waals surface area contributed by atoms with E-state index in [4.69, 9.17) is 48.1 Å². The minimum absolute atomic E-state index is 0.694. The van der Waals surface area contributed by atoms with Crippen LogP contribution in [0.2, 0.25) is 0 Å². The van der Waals surface area contributed by atoms with Gasteiger partial charge in [0.2, 0.25) is 0 Å². The maximum Gasteiger partial charge on any atom is 0.160 e. The molecule has 0 radical (unpaired) electrons. The van der Waals surface area contributed by atoms with Crippen LogP contribution in [0.15, 0.2) is 547 Å². The monoisotopic (exact) mass is 1920 g/mol. The van der Waals surface area contributed by atoms with Crippen molar-refractivity contribution >= 4 is 76.6 Å². The normalized spacial score (nSPS) is 11.3. The maximum atomic E-state index is 6.98. The molecule has 17 aromatic carbocycles. The van der Waals surface area contributed by atoms with Crippen LogP contribution in [-0.4, -0.2) is 49.4 Å². The summed E-state index contributed by atoms with van der Waals surface area (Å²) in [4.78, 5) is 45.1. The second kappa shape index (κ2) is 39.7. The van der Waals surface area contributed by atoms with Gasteiger partial charge in [-0.05, 0) is 154 Å². The van der Waals surface area contributed by atoms with Gasteiger partial charge < -0.3 is 13.3 Å². The van der Waals surface area contributed by atoms with E-state index >= 15 is 0 Å². The molecule has 11 aromatic heterocycles. The molecule has 0 spiro atoms. The number of furan rings is 3. The molecule has 0 unspecified atom stereocenters. The summed E-state index contributed by atoms with van der Waals surface area (Å²) in [5.74, 6) is 4.06. The van der Waals surface area contributed by atoms with E-state index in [0.29, 0.717) is 5.82 Å². The molecule has 0 atom stereocenters. The van der Waals surface area contributed by atoms with E-state index in [1.165, 1.54) is 0 Å². The maximum absolute atomic E-state index is 6.98. The first-order chi connectivity index (χ1) is 74.4. The lowest BCUT2D eigenvalue weighted by Crippen LogP contribution is -1.97. The Morgan fingerprint density at radius 3 is 0.913 bits per heavy atom. The highest BCUT2D eigenvalue weighted by Gasteiger charge is 2.30. The van der Waals surface area contributed by atoms with Crippen LogP contribution in [0.25, 0.3) is 274 Å². The van der Waals surface area contributed by atoms with Crippen molar-refractivity contribution in [2.45, 2.75) is 0 Å². The van der Waals surface area contributed by atoms with E-state index < -0.39 is 0 Å². The molecular weight excluding hydrogens is 1830 g/mol. The van der Waals surface area contributed by atoms with Gasteiger partial charge in [0.1, 0.15) is 39.9 Å². The Kier molecular flexibility index (Phi) is 23.7. The van der Waals surface area contributed by atoms with Gasteiger partial charge in [0.05, 0.1) is 95.0 Å². The zero-order valence-corrected chi connectivity index (χ0v) is 81.0. The molecule has 0 aliphatic rings. The van der Waals surface area contributed by atoms with Crippen molar-refractivity contribution in [2.75, 3.05) is 0 Å². The molecule has 28 aromatic rings. The van der Waals surface area contributed by atoms with Crippen LogP contribution >= 0.6 is 0 Å². The Labute approximate surface area is 864 Å². The van der Waals surface area contributed by atoms with Gasteiger partial charge in [0, 0.05) is 107 Å². The van der Waals surface area contributed by atoms with Crippen LogP contribution in [0.4, 0.5) is 0 Å². The third-order valence-corrected chi connectivity index (χ3v) is 27.5. The number of pyridine rings is 6. The molecule has 0 aliphatic heterocycles. The number of rotatable bonds is 18. The molecule has 0 aliphatic carbocycles. The fraction of sp³-hybridized carbons (Fsp3) is 0. The van der Waals surface area contributed by atoms with Crippen molar-refractivity contribution < 1.29 is 13.3 Å². The van der Waals surface area contributed by atoms with Gasteiger partial charge >= 0.3 is 0 Å². The summed E-state index contributed by atoms with van der Waals surface area (Å²) in [5, 5.41) is 5.96. The van der Waals surface area contributed by atoms with Crippen molar-refractivity contribution in [3.05, 3.63) is 534 Å². The van der Waals surface area contributed by atoms with E-state index in [-0.39, 0.29) is 0 Å². The topological polar surface area (TPSA) is 160 Å². The predicted molar refractivity (Wildman–Crippen MR) is 611 cm³/mol. The van der Waals surface area contributed by atoms with Gasteiger partial charge in [-0.3, -0.25) is 14.5 Å². The van der Waals surface area contributed by atoms with Crippen molar-refractivity contribution in [2.24, 2.45) is 0 Å². The first-order valence-corrected chi connectivity index (χ1v) is 50.1. The smallest absolute Gasteiger partial charge is 0.160 e. The quantitative estimate of drug-likeness (QED) is 0.0801. The second-order valence-electron chi connectivity index (χ2n) is 36.8. The minimum Gasteiger partial charge on any atom is -0.455 e. The van der Waals surface area contributed by atoms with Crippen LogP contribution < -0.4 is 0 Å². The van der Waals surface area contributed by atoms with Crippen LogP contribution in [-0.2, 0) is 0 Å². The van der Waals surface area contributed by atoms with Gasteiger partial charge in [-0.25, -0.2) is 34.9 Å². The van der Waals surface area contributed by atoms with Crippen molar-refractivity contribution in [3.63, 3.8) is 0 Å². The number of para-hydroxylation sites is 6. The second-order valence-corrected chi connectivity index (χ2v) is 36.8. The summed E-state index contributed by atoms with van der Waals surface area (Å²) in [7, 11) is 0. The van der Waals surface area contributed by atoms with Crippen LogP contribution in [0.1, 0.15) is 0 Å². The number of hydrogen-bond donors (Lipinski definition) is 0. The first kappa shape index (κ1) is 89.7. The van der Waals surface area contributed by atoms with E-state index in [1.54, 1.807) is 12.4 Å². The standard InChI is InChI=1S/C51H33N3O.C44H28N4O.C42H27N3O/c1-5-17-34(18-6-1)44-33-45(54-51(53-44)37-23-11-4-12-24-37)40-27-15-25-38(31-40)39-26-16-28-41(32-39)46-47-48(35-19-7-2-8-20-35)52-43-30-14-13-29-42(43)50(47)55-49(46)36-21-9-3-10-22-36;1-3-13-31(14-4-1)42-41-40(43(32-15-5-2-6-16-32)49-44(41)34-17-7-8-18-35(34)48-42)30-23-21-29(22-24-30)33-27-38(36-19-9-11-25-45-36)47-39(28-33)37-20-10-12-26-46-37;1-4-14-29(15-5-1)39-38-37(40(30-16-6-2-7-17-30)46-41(38)33-20-10-11-21-34(33)43-39)28-24-26-31(27-25-28)42-44-35-22-12-13-23-36(35)45(42)32-18-8-3-9-19-32/h1-33H;1-28H;1-27H. The molecular formula is C137H88N10O3. The van der Waals surface area contributed by atoms with Gasteiger partial charge in [-0.1, -0.05) is 406 Å². The fourth-order valence-electron chi connectivity index (χ4n) is 20.4. The lowest BCUT2D eigenvalue weighted by atomic mass is 9.92. The molecule has 0 fully saturated rings. The SMILES string of the molecule is c1ccc(-c2cc(-c3cccc(-c4cccc(-c5c(-c6ccccc6)oc6c5c(-c5ccccc5)nc5ccccc56)c4)c3)nc(-c3ccccc3)n2)cc1.c1ccc(-c2oc3c(c(-c4ccccc4)nc4ccccc43)c2-c2ccc(-c3cc(-c4ccccn4)nc(-c4ccccn4)c3)cc2)cc1.c1ccc(-c2oc3c(c(-c4ccccc4)nc4ccccc43)c2-c2ccc(-c3nc4ccccc4n3-c3ccccc3)cc2)cc1. The van der Waals surface area contributed by atoms with Gasteiger partial charge in [0.15, 0.2) is 5.82 Å². The van der Waals surface area contributed by atoms with Crippen molar-refractivity contribution in [3.8, 4) is 197 Å². The van der Waals surface area contributed by atoms with Crippen LogP contribution in [0, 0.1) is 0 Å². The molecule has 150 heavy (non-hydrogen) atoms. The van der Waals surface area contributed by atoms with E-state index in [2.05, 4.69) is 360 Å². The molecule has 0 saturated heterocycles. The number of fused-ring (bicyclic) bond motifs is 10. The zero-order valence-electron chi connectivity index (χ0n) is 81.0. The third kappa shape index (κ3) is 17.3. The average Bonchev–Trinajstić information content (AvgIpc) is 1.58. The molecule has 28 rings (SSSR count). The number of hydrogen-bond acceptors (Lipinski definition) is 12. The Balaban J connectivity index is 0.000000114. The van der Waals surface area contributed by atoms with Gasteiger partial charge in [0.25, 0.3) is 0 Å². The number of imidazole rings is 1. The molecule has 0 amide bonds. The number of aromatic nitrogens is 10. The first-order valence-electron chi connectivity index (χ1n) is 50.1. The van der Waals surface area contributed by atoms with E-state index in [0.717, 1.165) is 268 Å². The van der Waals surface area contributed by atoms with Crippen LogP contribution in [0.3, 0.4) is 0 Å². The summed E-state index contributed by atoms with van der Waals surface area (Å²) in [6, 6.07) is 179. The highest BCUT2D eigenvalue weighted by atomic mass is 16.3. The molecule has 13 heteroatoms. The minimum atomic E-state index is 0.694. The van der Waals surface area contributed by atoms with Crippen LogP contribution in [0.5, 0.6) is 0 Å². The lowest BCUT2D eigenvalue weighted by Gasteiger charge is -2.12. The average molecular weight is 1920 g/mol. The Morgan fingerprint density at radius 2 is 0.493 bits per heavy atom. The summed E-state index contributed by atoms with van der Waals surface area (Å²) in [6.07, 6.45) is 3.58. The Bertz CT molecular complexity index is 9700. The zero-order chi connectivity index (χ0) is 99.6. The summed E-state index contributed by atoms with van der Waals surface area (Å²) in [6.45, 7) is 0. The highest BCUT2D eigenvalue weighted by molar-refractivity contribution is 6.20. The number of nitrogens with zero attached hydrogens (tertiary/aromatic N) is 10. The Hall–Kier alpha value is -20.4. The fourth-order valence-corrected chi connectivity index (χ4v) is 20.4. The van der Waals surface area contributed by atoms with Gasteiger partial charge in [-0.2, -0.15) is 0 Å². The Morgan fingerprint density at radius 1 is 0.173 bits per heavy atom. The molecule has 13 nitrogen and oxygen atoms in total. The van der Waals surface area contributed by atoms with E-state index in [1.807, 2.05) is 176 Å². The highest BCUT2D eigenvalue weighted by Crippen LogP contribution is 2.53. The third-order valence-electron chi connectivity index (χ3n) is 27.5. The van der Waals surface area contributed by atoms with Crippen molar-refractivity contribution in [1.29, 1.82) is 0 Å². The largest absolute Gasteiger partial charge is 0.455 e. The summed E-state index contributed by atoms with van der Waals surface area (Å²) >= 11 is 0. The molecule has 0 bridgehead atoms. The van der Waals surface area contributed by atoms with Crippen molar-refractivity contribution in [1.82, 2.24) is 49.4 Å². The van der Waals surface area contributed by atoms with Gasteiger partial charge in [-0.15, -0.1) is 0 Å². The predicted octanol–water partition coefficient (Wildman–Crippen LogP) is 35.6. The van der Waals surface area contributed by atoms with E-state index in [9.17, 15) is 0 Å². The summed E-state index contributed by atoms with van der Waals surface area (Å²) in [5.41, 5.74) is 36.7. The molecule has 0 saturated carbocycles. The molecule has 0 N–H and O–H groups in total. The molecule has 704 valence electrons. The number of benzene rings is 17.